The molecule has 2 rings (SSSR count). The third-order valence-electron chi connectivity index (χ3n) is 4.12. The molecule has 0 radical (unpaired) electrons. The van der Waals surface area contributed by atoms with E-state index in [9.17, 15) is 9.59 Å². The largest absolute Gasteiger partial charge is 0.349 e. The average Bonchev–Trinajstić information content (AvgIpc) is 3.21. The molecule has 0 bridgehead atoms. The van der Waals surface area contributed by atoms with Gasteiger partial charge in [0.25, 0.3) is 0 Å². The van der Waals surface area contributed by atoms with Crippen LogP contribution in [0, 0.1) is 11.3 Å². The fourth-order valence-electron chi connectivity index (χ4n) is 2.30. The molecule has 25 heavy (non-hydrogen) atoms. The van der Waals surface area contributed by atoms with E-state index in [0.717, 1.165) is 12.8 Å². The third kappa shape index (κ3) is 6.73. The maximum absolute atomic E-state index is 12.2. The highest BCUT2D eigenvalue weighted by atomic mass is 35.5. The van der Waals surface area contributed by atoms with Crippen LogP contribution >= 0.6 is 36.2 Å². The highest BCUT2D eigenvalue weighted by Gasteiger charge is 2.41. The zero-order chi connectivity index (χ0) is 17.3. The Kier molecular flexibility index (Phi) is 8.84. The SMILES string of the molecule is CC(C)(C)C(=O)Nc1nc(CC(=O)NC(C)(CN)C2CC2)cs1.Cl.Cl. The van der Waals surface area contributed by atoms with Gasteiger partial charge in [-0.25, -0.2) is 4.98 Å². The number of nitrogens with zero attached hydrogens (tertiary/aromatic N) is 1. The topological polar surface area (TPSA) is 97.1 Å². The molecule has 0 aromatic carbocycles. The summed E-state index contributed by atoms with van der Waals surface area (Å²) in [5.74, 6) is 0.310. The van der Waals surface area contributed by atoms with Crippen LogP contribution in [0.15, 0.2) is 5.38 Å². The van der Waals surface area contributed by atoms with Crippen LogP contribution in [0.4, 0.5) is 5.13 Å². The van der Waals surface area contributed by atoms with Gasteiger partial charge in [0.2, 0.25) is 11.8 Å². The van der Waals surface area contributed by atoms with Crippen molar-refractivity contribution in [1.82, 2.24) is 10.3 Å². The molecule has 0 aliphatic heterocycles. The molecule has 144 valence electrons. The first kappa shape index (κ1) is 24.1. The number of rotatable bonds is 6. The lowest BCUT2D eigenvalue weighted by Crippen LogP contribution is -2.53. The lowest BCUT2D eigenvalue weighted by Gasteiger charge is -2.29. The van der Waals surface area contributed by atoms with Gasteiger partial charge in [0.15, 0.2) is 5.13 Å². The van der Waals surface area contributed by atoms with E-state index in [-0.39, 0.29) is 48.6 Å². The zero-order valence-corrected chi connectivity index (χ0v) is 17.5. The lowest BCUT2D eigenvalue weighted by atomic mass is 9.95. The molecule has 1 aromatic rings. The summed E-state index contributed by atoms with van der Waals surface area (Å²) in [5.41, 5.74) is 5.67. The summed E-state index contributed by atoms with van der Waals surface area (Å²) in [4.78, 5) is 28.5. The number of hydrogen-bond acceptors (Lipinski definition) is 5. The lowest BCUT2D eigenvalue weighted by molar-refractivity contribution is -0.123. The number of thiazole rings is 1. The van der Waals surface area contributed by atoms with Crippen LogP contribution in [-0.2, 0) is 16.0 Å². The smallest absolute Gasteiger partial charge is 0.231 e. The summed E-state index contributed by atoms with van der Waals surface area (Å²) < 4.78 is 0. The fourth-order valence-corrected chi connectivity index (χ4v) is 3.00. The minimum atomic E-state index is -0.476. The van der Waals surface area contributed by atoms with Crippen LogP contribution < -0.4 is 16.4 Å². The molecule has 1 fully saturated rings. The number of carbonyl (C=O) groups excluding carboxylic acids is 2. The Morgan fingerprint density at radius 3 is 2.36 bits per heavy atom. The number of halogens is 2. The number of aromatic nitrogens is 1. The van der Waals surface area contributed by atoms with E-state index < -0.39 is 5.41 Å². The highest BCUT2D eigenvalue weighted by molar-refractivity contribution is 7.13. The number of nitrogens with two attached hydrogens (primary N) is 1. The molecule has 4 N–H and O–H groups in total. The van der Waals surface area contributed by atoms with Crippen molar-refractivity contribution in [3.63, 3.8) is 0 Å². The molecule has 1 aliphatic rings. The Morgan fingerprint density at radius 1 is 1.28 bits per heavy atom. The zero-order valence-electron chi connectivity index (χ0n) is 15.0. The van der Waals surface area contributed by atoms with Crippen molar-refractivity contribution in [1.29, 1.82) is 0 Å². The third-order valence-corrected chi connectivity index (χ3v) is 4.93. The summed E-state index contributed by atoms with van der Waals surface area (Å²) in [6, 6.07) is 0. The second-order valence-electron chi connectivity index (χ2n) is 7.47. The molecule has 0 saturated heterocycles. The molecule has 1 saturated carbocycles. The van der Waals surface area contributed by atoms with Crippen molar-refractivity contribution >= 4 is 53.1 Å². The second kappa shape index (κ2) is 9.16. The van der Waals surface area contributed by atoms with Crippen LogP contribution in [0.25, 0.3) is 0 Å². The minimum absolute atomic E-state index is 0. The Labute approximate surface area is 165 Å². The molecule has 2 amide bonds. The normalized spacial score (nSPS) is 16.0. The van der Waals surface area contributed by atoms with E-state index in [2.05, 4.69) is 15.6 Å². The maximum Gasteiger partial charge on any atom is 0.231 e. The van der Waals surface area contributed by atoms with E-state index in [1.165, 1.54) is 11.3 Å². The molecule has 1 heterocycles. The quantitative estimate of drug-likeness (QED) is 0.671. The number of hydrogen-bond donors (Lipinski definition) is 3. The van der Waals surface area contributed by atoms with Crippen LogP contribution in [-0.4, -0.2) is 28.9 Å². The molecular weight excluding hydrogens is 383 g/mol. The van der Waals surface area contributed by atoms with Crippen LogP contribution in [0.2, 0.25) is 0 Å². The molecule has 9 heteroatoms. The maximum atomic E-state index is 12.2. The Balaban J connectivity index is 0.00000288. The number of anilines is 1. The van der Waals surface area contributed by atoms with Gasteiger partial charge in [0.1, 0.15) is 0 Å². The van der Waals surface area contributed by atoms with Crippen molar-refractivity contribution in [3.8, 4) is 0 Å². The van der Waals surface area contributed by atoms with Gasteiger partial charge in [-0.1, -0.05) is 20.8 Å². The summed E-state index contributed by atoms with van der Waals surface area (Å²) in [6.45, 7) is 7.97. The molecule has 1 aromatic heterocycles. The van der Waals surface area contributed by atoms with Crippen LogP contribution in [0.5, 0.6) is 0 Å². The molecule has 1 unspecified atom stereocenters. The van der Waals surface area contributed by atoms with E-state index in [1.807, 2.05) is 27.7 Å². The van der Waals surface area contributed by atoms with Crippen molar-refractivity contribution in [2.24, 2.45) is 17.1 Å². The first-order valence-corrected chi connectivity index (χ1v) is 8.79. The first-order chi connectivity index (χ1) is 10.6. The average molecular weight is 411 g/mol. The Hall–Kier alpha value is -0.890. The van der Waals surface area contributed by atoms with Gasteiger partial charge in [-0.3, -0.25) is 9.59 Å². The van der Waals surface area contributed by atoms with Gasteiger partial charge in [-0.15, -0.1) is 36.2 Å². The predicted octanol–water partition coefficient (Wildman–Crippen LogP) is 2.76. The van der Waals surface area contributed by atoms with E-state index in [4.69, 9.17) is 5.73 Å². The summed E-state index contributed by atoms with van der Waals surface area (Å²) in [5, 5.41) is 8.15. The highest BCUT2D eigenvalue weighted by Crippen LogP contribution is 2.39. The van der Waals surface area contributed by atoms with Gasteiger partial charge < -0.3 is 16.4 Å². The molecule has 0 spiro atoms. The van der Waals surface area contributed by atoms with Gasteiger partial charge in [0, 0.05) is 17.3 Å². The molecule has 6 nitrogen and oxygen atoms in total. The van der Waals surface area contributed by atoms with E-state index in [1.54, 1.807) is 5.38 Å². The van der Waals surface area contributed by atoms with Gasteiger partial charge >= 0.3 is 0 Å². The molecule has 1 atom stereocenters. The summed E-state index contributed by atoms with van der Waals surface area (Å²) >= 11 is 1.33. The van der Waals surface area contributed by atoms with E-state index in [0.29, 0.717) is 23.3 Å². The Bertz CT molecular complexity index is 599. The Morgan fingerprint density at radius 2 is 1.88 bits per heavy atom. The second-order valence-corrected chi connectivity index (χ2v) is 8.33. The number of nitrogens with one attached hydrogen (secondary N) is 2. The van der Waals surface area contributed by atoms with Gasteiger partial charge in [0.05, 0.1) is 17.7 Å². The monoisotopic (exact) mass is 410 g/mol. The summed E-state index contributed by atoms with van der Waals surface area (Å²) in [6.07, 6.45) is 2.44. The van der Waals surface area contributed by atoms with Crippen LogP contribution in [0.3, 0.4) is 0 Å². The molecule has 1 aliphatic carbocycles. The van der Waals surface area contributed by atoms with Gasteiger partial charge in [-0.05, 0) is 25.7 Å². The van der Waals surface area contributed by atoms with Crippen molar-refractivity contribution in [3.05, 3.63) is 11.1 Å². The van der Waals surface area contributed by atoms with Crippen molar-refractivity contribution < 1.29 is 9.59 Å². The van der Waals surface area contributed by atoms with Crippen molar-refractivity contribution in [2.45, 2.75) is 52.5 Å². The first-order valence-electron chi connectivity index (χ1n) is 7.91. The summed E-state index contributed by atoms with van der Waals surface area (Å²) in [7, 11) is 0. The number of amides is 2. The fraction of sp³-hybridized carbons (Fsp3) is 0.688. The molecular formula is C16H28Cl2N4O2S. The standard InChI is InChI=1S/C16H26N4O2S.2ClH/c1-15(2,3)13(22)19-14-18-11(8-23-14)7-12(21)20-16(4,9-17)10-5-6-10;;/h8,10H,5-7,9,17H2,1-4H3,(H,20,21)(H,18,19,22);2*1H. The predicted molar refractivity (Wildman–Crippen MR) is 107 cm³/mol. The van der Waals surface area contributed by atoms with E-state index >= 15 is 0 Å². The van der Waals surface area contributed by atoms with Crippen LogP contribution in [0.1, 0.15) is 46.2 Å². The minimum Gasteiger partial charge on any atom is -0.349 e. The van der Waals surface area contributed by atoms with Crippen molar-refractivity contribution in [2.75, 3.05) is 11.9 Å². The van der Waals surface area contributed by atoms with Gasteiger partial charge in [-0.2, -0.15) is 0 Å². The number of carbonyl (C=O) groups is 2.